The van der Waals surface area contributed by atoms with Crippen molar-refractivity contribution in [1.29, 1.82) is 0 Å². The number of rotatable bonds is 9. The molecule has 0 atom stereocenters. The van der Waals surface area contributed by atoms with Crippen LogP contribution in [0.25, 0.3) is 11.3 Å². The SMILES string of the molecule is CC(=O)c1ccc(OCCC(=O)OCC(=O)Nc2nc(-c3ccc(C)cc3)cs2)cc1. The molecule has 160 valence electrons. The van der Waals surface area contributed by atoms with E-state index in [0.717, 1.165) is 16.8 Å². The number of hydrogen-bond acceptors (Lipinski definition) is 7. The van der Waals surface area contributed by atoms with Gasteiger partial charge in [0.05, 0.1) is 18.7 Å². The number of Topliss-reactive ketones (excluding diaryl/α,β-unsaturated/α-hetero) is 1. The minimum Gasteiger partial charge on any atom is -0.493 e. The number of ketones is 1. The molecule has 3 rings (SSSR count). The third-order valence-electron chi connectivity index (χ3n) is 4.30. The van der Waals surface area contributed by atoms with Gasteiger partial charge >= 0.3 is 5.97 Å². The highest BCUT2D eigenvalue weighted by molar-refractivity contribution is 7.14. The molecule has 1 amide bonds. The zero-order chi connectivity index (χ0) is 22.2. The van der Waals surface area contributed by atoms with Gasteiger partial charge in [0.1, 0.15) is 5.75 Å². The van der Waals surface area contributed by atoms with E-state index in [1.165, 1.54) is 18.3 Å². The zero-order valence-electron chi connectivity index (χ0n) is 17.2. The van der Waals surface area contributed by atoms with Crippen LogP contribution in [0.5, 0.6) is 5.75 Å². The summed E-state index contributed by atoms with van der Waals surface area (Å²) in [4.78, 5) is 39.4. The van der Waals surface area contributed by atoms with Crippen LogP contribution in [0.2, 0.25) is 0 Å². The van der Waals surface area contributed by atoms with Crippen molar-refractivity contribution in [3.8, 4) is 17.0 Å². The van der Waals surface area contributed by atoms with Crippen molar-refractivity contribution in [2.45, 2.75) is 20.3 Å². The quantitative estimate of drug-likeness (QED) is 0.396. The predicted molar refractivity (Wildman–Crippen MR) is 118 cm³/mol. The highest BCUT2D eigenvalue weighted by atomic mass is 32.1. The van der Waals surface area contributed by atoms with Crippen LogP contribution in [0.15, 0.2) is 53.9 Å². The van der Waals surface area contributed by atoms with E-state index >= 15 is 0 Å². The molecule has 3 aromatic rings. The fourth-order valence-electron chi connectivity index (χ4n) is 2.60. The molecule has 8 heteroatoms. The lowest BCUT2D eigenvalue weighted by Crippen LogP contribution is -2.21. The molecule has 0 spiro atoms. The number of esters is 1. The Balaban J connectivity index is 1.38. The number of aromatic nitrogens is 1. The summed E-state index contributed by atoms with van der Waals surface area (Å²) in [6.07, 6.45) is -0.00341. The Bertz CT molecular complexity index is 1060. The zero-order valence-corrected chi connectivity index (χ0v) is 18.0. The fraction of sp³-hybridized carbons (Fsp3) is 0.217. The molecule has 0 aliphatic carbocycles. The van der Waals surface area contributed by atoms with Gasteiger partial charge < -0.3 is 9.47 Å². The van der Waals surface area contributed by atoms with Crippen molar-refractivity contribution in [1.82, 2.24) is 4.98 Å². The van der Waals surface area contributed by atoms with Crippen LogP contribution in [-0.2, 0) is 14.3 Å². The number of nitrogens with one attached hydrogen (secondary N) is 1. The van der Waals surface area contributed by atoms with E-state index in [-0.39, 0.29) is 18.8 Å². The van der Waals surface area contributed by atoms with Crippen LogP contribution in [0.3, 0.4) is 0 Å². The minimum absolute atomic E-state index is 0.00341. The second-order valence-corrected chi connectivity index (χ2v) is 7.65. The Morgan fingerprint density at radius 3 is 2.42 bits per heavy atom. The molecule has 0 saturated carbocycles. The summed E-state index contributed by atoms with van der Waals surface area (Å²) in [5.41, 5.74) is 3.48. The maximum atomic E-state index is 12.0. The first kappa shape index (κ1) is 22.2. The molecular weight excluding hydrogens is 416 g/mol. The molecule has 0 radical (unpaired) electrons. The number of hydrogen-bond donors (Lipinski definition) is 1. The van der Waals surface area contributed by atoms with Gasteiger partial charge in [-0.3, -0.25) is 19.7 Å². The second kappa shape index (κ2) is 10.5. The van der Waals surface area contributed by atoms with Crippen LogP contribution in [0.1, 0.15) is 29.3 Å². The number of anilines is 1. The first-order valence-electron chi connectivity index (χ1n) is 9.62. The lowest BCUT2D eigenvalue weighted by atomic mass is 10.1. The molecule has 0 saturated heterocycles. The maximum Gasteiger partial charge on any atom is 0.309 e. The summed E-state index contributed by atoms with van der Waals surface area (Å²) in [7, 11) is 0. The van der Waals surface area contributed by atoms with Crippen LogP contribution in [0.4, 0.5) is 5.13 Å². The second-order valence-electron chi connectivity index (χ2n) is 6.79. The number of benzene rings is 2. The summed E-state index contributed by atoms with van der Waals surface area (Å²) in [6.45, 7) is 3.20. The Morgan fingerprint density at radius 2 is 1.74 bits per heavy atom. The lowest BCUT2D eigenvalue weighted by Gasteiger charge is -2.07. The third kappa shape index (κ3) is 6.75. The van der Waals surface area contributed by atoms with E-state index < -0.39 is 18.5 Å². The van der Waals surface area contributed by atoms with Gasteiger partial charge in [-0.15, -0.1) is 11.3 Å². The molecule has 7 nitrogen and oxygen atoms in total. The van der Waals surface area contributed by atoms with Gasteiger partial charge in [-0.05, 0) is 38.1 Å². The van der Waals surface area contributed by atoms with Crippen molar-refractivity contribution in [3.63, 3.8) is 0 Å². The third-order valence-corrected chi connectivity index (χ3v) is 5.06. The van der Waals surface area contributed by atoms with E-state index in [2.05, 4.69) is 10.3 Å². The number of nitrogens with zero attached hydrogens (tertiary/aromatic N) is 1. The topological polar surface area (TPSA) is 94.6 Å². The van der Waals surface area contributed by atoms with Crippen LogP contribution >= 0.6 is 11.3 Å². The van der Waals surface area contributed by atoms with Gasteiger partial charge in [-0.2, -0.15) is 0 Å². The van der Waals surface area contributed by atoms with Crippen molar-refractivity contribution >= 4 is 34.1 Å². The highest BCUT2D eigenvalue weighted by Crippen LogP contribution is 2.25. The van der Waals surface area contributed by atoms with Gasteiger partial charge in [-0.25, -0.2) is 4.98 Å². The Hall–Kier alpha value is -3.52. The molecule has 0 aliphatic rings. The van der Waals surface area contributed by atoms with Crippen molar-refractivity contribution in [2.75, 3.05) is 18.5 Å². The van der Waals surface area contributed by atoms with E-state index in [0.29, 0.717) is 16.4 Å². The van der Waals surface area contributed by atoms with Crippen LogP contribution < -0.4 is 10.1 Å². The van der Waals surface area contributed by atoms with Gasteiger partial charge in [0, 0.05) is 16.5 Å². The first-order valence-corrected chi connectivity index (χ1v) is 10.5. The van der Waals surface area contributed by atoms with Crippen LogP contribution in [0, 0.1) is 6.92 Å². The highest BCUT2D eigenvalue weighted by Gasteiger charge is 2.11. The normalized spacial score (nSPS) is 10.4. The lowest BCUT2D eigenvalue weighted by molar-refractivity contribution is -0.147. The molecule has 0 fully saturated rings. The van der Waals surface area contributed by atoms with Gasteiger partial charge in [0.2, 0.25) is 0 Å². The average molecular weight is 439 g/mol. The number of ether oxygens (including phenoxy) is 2. The Labute approximate surface area is 184 Å². The number of amides is 1. The number of aryl methyl sites for hydroxylation is 1. The molecule has 0 unspecified atom stereocenters. The Morgan fingerprint density at radius 1 is 1.03 bits per heavy atom. The Kier molecular flexibility index (Phi) is 7.50. The molecule has 31 heavy (non-hydrogen) atoms. The minimum atomic E-state index is -0.546. The molecule has 0 aliphatic heterocycles. The molecule has 1 heterocycles. The van der Waals surface area contributed by atoms with Gasteiger partial charge in [0.25, 0.3) is 5.91 Å². The standard InChI is InChI=1S/C23H22N2O5S/c1-15-3-5-18(6-4-15)20-14-31-23(24-20)25-21(27)13-30-22(28)11-12-29-19-9-7-17(8-10-19)16(2)26/h3-10,14H,11-13H2,1-2H3,(H,24,25,27). The average Bonchev–Trinajstić information content (AvgIpc) is 3.21. The number of thiazole rings is 1. The van der Waals surface area contributed by atoms with E-state index in [4.69, 9.17) is 9.47 Å². The van der Waals surface area contributed by atoms with Gasteiger partial charge in [0.15, 0.2) is 17.5 Å². The summed E-state index contributed by atoms with van der Waals surface area (Å²) >= 11 is 1.30. The smallest absolute Gasteiger partial charge is 0.309 e. The van der Waals surface area contributed by atoms with Crippen molar-refractivity contribution in [2.24, 2.45) is 0 Å². The van der Waals surface area contributed by atoms with E-state index in [1.54, 1.807) is 24.3 Å². The molecule has 2 aromatic carbocycles. The fourth-order valence-corrected chi connectivity index (χ4v) is 3.34. The largest absolute Gasteiger partial charge is 0.493 e. The predicted octanol–water partition coefficient (Wildman–Crippen LogP) is 4.27. The molecule has 0 bridgehead atoms. The summed E-state index contributed by atoms with van der Waals surface area (Å²) in [5.74, 6) is -0.491. The van der Waals surface area contributed by atoms with Crippen LogP contribution in [-0.4, -0.2) is 35.9 Å². The summed E-state index contributed by atoms with van der Waals surface area (Å²) in [5, 5.41) is 4.92. The first-order chi connectivity index (χ1) is 14.9. The number of carbonyl (C=O) groups is 3. The monoisotopic (exact) mass is 438 g/mol. The van der Waals surface area contributed by atoms with E-state index in [1.807, 2.05) is 36.6 Å². The molecular formula is C23H22N2O5S. The van der Waals surface area contributed by atoms with E-state index in [9.17, 15) is 14.4 Å². The molecule has 1 aromatic heterocycles. The van der Waals surface area contributed by atoms with Crippen molar-refractivity contribution < 1.29 is 23.9 Å². The molecule has 1 N–H and O–H groups in total. The maximum absolute atomic E-state index is 12.0. The summed E-state index contributed by atoms with van der Waals surface area (Å²) < 4.78 is 10.4. The summed E-state index contributed by atoms with van der Waals surface area (Å²) in [6, 6.07) is 14.6. The van der Waals surface area contributed by atoms with Crippen molar-refractivity contribution in [3.05, 3.63) is 65.0 Å². The number of carbonyl (C=O) groups excluding carboxylic acids is 3. The van der Waals surface area contributed by atoms with Gasteiger partial charge in [-0.1, -0.05) is 29.8 Å².